The number of anilines is 1. The molecule has 106 valence electrons. The van der Waals surface area contributed by atoms with Crippen molar-refractivity contribution < 1.29 is 23.4 Å². The van der Waals surface area contributed by atoms with E-state index in [2.05, 4.69) is 4.98 Å². The minimum absolute atomic E-state index is 0.0347. The van der Waals surface area contributed by atoms with E-state index in [0.29, 0.717) is 39.0 Å². The molecule has 1 atom stereocenters. The van der Waals surface area contributed by atoms with Crippen LogP contribution in [0.25, 0.3) is 0 Å². The van der Waals surface area contributed by atoms with Crippen LogP contribution < -0.4 is 4.90 Å². The minimum atomic E-state index is -0.478. The van der Waals surface area contributed by atoms with Crippen LogP contribution in [-0.4, -0.2) is 57.1 Å². The Morgan fingerprint density at radius 2 is 2.47 bits per heavy atom. The highest BCUT2D eigenvalue weighted by Crippen LogP contribution is 2.19. The molecule has 1 aliphatic heterocycles. The third-order valence-electron chi connectivity index (χ3n) is 2.81. The quantitative estimate of drug-likeness (QED) is 0.729. The summed E-state index contributed by atoms with van der Waals surface area (Å²) in [5.74, 6) is -0.478. The molecule has 2 heterocycles. The molecule has 0 aromatic carbocycles. The Bertz CT molecular complexity index is 418. The fourth-order valence-corrected chi connectivity index (χ4v) is 1.93. The van der Waals surface area contributed by atoms with Crippen molar-refractivity contribution in [3.8, 4) is 0 Å². The normalized spacial score (nSPS) is 19.5. The molecule has 0 radical (unpaired) electrons. The van der Waals surface area contributed by atoms with Crippen LogP contribution in [0, 0.1) is 0 Å². The van der Waals surface area contributed by atoms with Crippen molar-refractivity contribution in [3.63, 3.8) is 0 Å². The smallest absolute Gasteiger partial charge is 0.360 e. The molecule has 0 spiro atoms. The number of carbonyl (C=O) groups excluding carboxylic acids is 1. The number of aromatic nitrogens is 1. The zero-order valence-electron chi connectivity index (χ0n) is 11.1. The van der Waals surface area contributed by atoms with Gasteiger partial charge in [0.15, 0.2) is 5.69 Å². The molecule has 1 fully saturated rings. The van der Waals surface area contributed by atoms with E-state index < -0.39 is 5.97 Å². The van der Waals surface area contributed by atoms with E-state index in [0.717, 1.165) is 0 Å². The highest BCUT2D eigenvalue weighted by Gasteiger charge is 2.27. The molecule has 7 heteroatoms. The topological polar surface area (TPSA) is 74.0 Å². The van der Waals surface area contributed by atoms with Gasteiger partial charge in [0.25, 0.3) is 6.01 Å². The summed E-state index contributed by atoms with van der Waals surface area (Å²) in [6.07, 6.45) is 1.31. The summed E-state index contributed by atoms with van der Waals surface area (Å²) in [6.45, 7) is 4.36. The van der Waals surface area contributed by atoms with Gasteiger partial charge in [0, 0.05) is 13.7 Å². The Balaban J connectivity index is 2.09. The summed E-state index contributed by atoms with van der Waals surface area (Å²) < 4.78 is 20.8. The fraction of sp³-hybridized carbons (Fsp3) is 0.667. The highest BCUT2D eigenvalue weighted by atomic mass is 16.5. The van der Waals surface area contributed by atoms with Gasteiger partial charge in [-0.3, -0.25) is 0 Å². The van der Waals surface area contributed by atoms with Crippen molar-refractivity contribution in [2.75, 3.05) is 45.0 Å². The first-order chi connectivity index (χ1) is 9.26. The first kappa shape index (κ1) is 13.8. The number of oxazole rings is 1. The lowest BCUT2D eigenvalue weighted by Gasteiger charge is -2.33. The van der Waals surface area contributed by atoms with Gasteiger partial charge in [-0.2, -0.15) is 4.98 Å². The molecular formula is C12H18N2O5. The van der Waals surface area contributed by atoms with Gasteiger partial charge in [-0.15, -0.1) is 0 Å². The molecule has 1 aromatic heterocycles. The minimum Gasteiger partial charge on any atom is -0.461 e. The molecule has 1 saturated heterocycles. The van der Waals surface area contributed by atoms with Crippen LogP contribution in [0.5, 0.6) is 0 Å². The summed E-state index contributed by atoms with van der Waals surface area (Å²) in [6, 6.07) is 0.431. The van der Waals surface area contributed by atoms with Crippen LogP contribution in [0.1, 0.15) is 17.4 Å². The molecule has 1 aromatic rings. The lowest BCUT2D eigenvalue weighted by atomic mass is 10.2. The summed E-state index contributed by atoms with van der Waals surface area (Å²) in [5, 5.41) is 0. The molecular weight excluding hydrogens is 252 g/mol. The van der Waals surface area contributed by atoms with E-state index in [-0.39, 0.29) is 11.7 Å². The van der Waals surface area contributed by atoms with Gasteiger partial charge in [0.05, 0.1) is 32.5 Å². The molecule has 0 saturated carbocycles. The molecule has 0 unspecified atom stereocenters. The number of nitrogens with zero attached hydrogens (tertiary/aromatic N) is 2. The first-order valence-corrected chi connectivity index (χ1v) is 6.22. The van der Waals surface area contributed by atoms with Crippen LogP contribution in [0.15, 0.2) is 10.7 Å². The first-order valence-electron chi connectivity index (χ1n) is 6.22. The van der Waals surface area contributed by atoms with E-state index in [1.54, 1.807) is 14.0 Å². The Kier molecular flexibility index (Phi) is 4.75. The van der Waals surface area contributed by atoms with Crippen molar-refractivity contribution in [1.82, 2.24) is 4.98 Å². The van der Waals surface area contributed by atoms with Crippen molar-refractivity contribution in [2.24, 2.45) is 0 Å². The van der Waals surface area contributed by atoms with E-state index >= 15 is 0 Å². The average molecular weight is 270 g/mol. The van der Waals surface area contributed by atoms with Crippen molar-refractivity contribution in [3.05, 3.63) is 12.0 Å². The van der Waals surface area contributed by atoms with Crippen LogP contribution in [-0.2, 0) is 14.2 Å². The SMILES string of the molecule is CCOC(=O)c1coc(N2CCOC[C@@H]2COC)n1. The van der Waals surface area contributed by atoms with E-state index in [9.17, 15) is 4.79 Å². The summed E-state index contributed by atoms with van der Waals surface area (Å²) in [5.41, 5.74) is 0.180. The van der Waals surface area contributed by atoms with Crippen molar-refractivity contribution >= 4 is 12.0 Å². The number of hydrogen-bond donors (Lipinski definition) is 0. The van der Waals surface area contributed by atoms with E-state index in [1.807, 2.05) is 4.90 Å². The Labute approximate surface area is 111 Å². The van der Waals surface area contributed by atoms with Crippen LogP contribution in [0.2, 0.25) is 0 Å². The lowest BCUT2D eigenvalue weighted by Crippen LogP contribution is -2.48. The van der Waals surface area contributed by atoms with Gasteiger partial charge in [0.2, 0.25) is 0 Å². The maximum atomic E-state index is 11.5. The fourth-order valence-electron chi connectivity index (χ4n) is 1.93. The summed E-state index contributed by atoms with van der Waals surface area (Å²) in [4.78, 5) is 17.6. The van der Waals surface area contributed by atoms with E-state index in [1.165, 1.54) is 6.26 Å². The standard InChI is InChI=1S/C12H18N2O5/c1-3-18-11(15)10-8-19-12(13-10)14-4-5-17-7-9(14)6-16-2/h8-9H,3-7H2,1-2H3/t9-/m0/s1. The van der Waals surface area contributed by atoms with E-state index in [4.69, 9.17) is 18.6 Å². The predicted molar refractivity (Wildman–Crippen MR) is 66.3 cm³/mol. The second-order valence-corrected chi connectivity index (χ2v) is 4.11. The van der Waals surface area contributed by atoms with Gasteiger partial charge < -0.3 is 23.5 Å². The number of methoxy groups -OCH3 is 1. The maximum Gasteiger partial charge on any atom is 0.360 e. The monoisotopic (exact) mass is 270 g/mol. The van der Waals surface area contributed by atoms with Gasteiger partial charge in [0.1, 0.15) is 6.26 Å². The maximum absolute atomic E-state index is 11.5. The molecule has 0 bridgehead atoms. The molecule has 1 aliphatic rings. The van der Waals surface area contributed by atoms with Gasteiger partial charge in [-0.05, 0) is 6.92 Å². The number of rotatable bonds is 5. The largest absolute Gasteiger partial charge is 0.461 e. The lowest BCUT2D eigenvalue weighted by molar-refractivity contribution is 0.0519. The average Bonchev–Trinajstić information content (AvgIpc) is 2.90. The molecule has 0 aliphatic carbocycles. The number of morpholine rings is 1. The number of carbonyl (C=O) groups is 1. The molecule has 0 N–H and O–H groups in total. The van der Waals surface area contributed by atoms with Gasteiger partial charge in [-0.1, -0.05) is 0 Å². The van der Waals surface area contributed by atoms with Crippen LogP contribution in [0.3, 0.4) is 0 Å². The zero-order chi connectivity index (χ0) is 13.7. The Morgan fingerprint density at radius 1 is 1.63 bits per heavy atom. The van der Waals surface area contributed by atoms with Crippen molar-refractivity contribution in [1.29, 1.82) is 0 Å². The predicted octanol–water partition coefficient (Wildman–Crippen LogP) is 0.703. The second kappa shape index (κ2) is 6.53. The van der Waals surface area contributed by atoms with Crippen molar-refractivity contribution in [2.45, 2.75) is 13.0 Å². The molecule has 19 heavy (non-hydrogen) atoms. The second-order valence-electron chi connectivity index (χ2n) is 4.11. The van der Waals surface area contributed by atoms with Crippen LogP contribution >= 0.6 is 0 Å². The number of hydrogen-bond acceptors (Lipinski definition) is 7. The zero-order valence-corrected chi connectivity index (χ0v) is 11.1. The highest BCUT2D eigenvalue weighted by molar-refractivity contribution is 5.87. The third kappa shape index (κ3) is 3.24. The van der Waals surface area contributed by atoms with Gasteiger partial charge >= 0.3 is 5.97 Å². The number of esters is 1. The van der Waals surface area contributed by atoms with Crippen LogP contribution in [0.4, 0.5) is 6.01 Å². The molecule has 7 nitrogen and oxygen atoms in total. The molecule has 2 rings (SSSR count). The number of ether oxygens (including phenoxy) is 3. The molecule has 0 amide bonds. The third-order valence-corrected chi connectivity index (χ3v) is 2.81. The van der Waals surface area contributed by atoms with Gasteiger partial charge in [-0.25, -0.2) is 4.79 Å². The Hall–Kier alpha value is -1.60. The summed E-state index contributed by atoms with van der Waals surface area (Å²) in [7, 11) is 1.63. The summed E-state index contributed by atoms with van der Waals surface area (Å²) >= 11 is 0. The Morgan fingerprint density at radius 3 is 3.21 bits per heavy atom.